The summed E-state index contributed by atoms with van der Waals surface area (Å²) in [4.78, 5) is 2.41. The van der Waals surface area contributed by atoms with Crippen LogP contribution in [-0.2, 0) is 0 Å². The molecule has 2 heteroatoms. The van der Waals surface area contributed by atoms with E-state index < -0.39 is 0 Å². The SMILES string of the molecule is CC(O)c1ccc(N(C)C2CCCCCC2)cc1. The van der Waals surface area contributed by atoms with Crippen molar-refractivity contribution in [2.45, 2.75) is 57.6 Å². The first-order valence-electron chi connectivity index (χ1n) is 7.19. The van der Waals surface area contributed by atoms with Crippen molar-refractivity contribution in [3.05, 3.63) is 29.8 Å². The summed E-state index contributed by atoms with van der Waals surface area (Å²) in [5.41, 5.74) is 2.26. The summed E-state index contributed by atoms with van der Waals surface area (Å²) in [6.45, 7) is 1.81. The molecule has 0 aromatic heterocycles. The maximum absolute atomic E-state index is 9.53. The van der Waals surface area contributed by atoms with Gasteiger partial charge >= 0.3 is 0 Å². The summed E-state index contributed by atoms with van der Waals surface area (Å²) in [6.07, 6.45) is 7.77. The normalized spacial score (nSPS) is 19.3. The molecule has 1 fully saturated rings. The largest absolute Gasteiger partial charge is 0.389 e. The number of nitrogens with zero attached hydrogens (tertiary/aromatic N) is 1. The average molecular weight is 247 g/mol. The molecular formula is C16H25NO. The fourth-order valence-corrected chi connectivity index (χ4v) is 2.84. The van der Waals surface area contributed by atoms with Crippen LogP contribution in [0.5, 0.6) is 0 Å². The zero-order valence-corrected chi connectivity index (χ0v) is 11.6. The van der Waals surface area contributed by atoms with Gasteiger partial charge in [-0.25, -0.2) is 0 Å². The van der Waals surface area contributed by atoms with E-state index in [-0.39, 0.29) is 6.10 Å². The van der Waals surface area contributed by atoms with Crippen LogP contribution in [0.2, 0.25) is 0 Å². The van der Waals surface area contributed by atoms with E-state index in [0.717, 1.165) is 5.56 Å². The van der Waals surface area contributed by atoms with Crippen LogP contribution in [0.1, 0.15) is 57.1 Å². The fraction of sp³-hybridized carbons (Fsp3) is 0.625. The minimum Gasteiger partial charge on any atom is -0.389 e. The molecule has 2 rings (SSSR count). The number of hydrogen-bond acceptors (Lipinski definition) is 2. The highest BCUT2D eigenvalue weighted by molar-refractivity contribution is 5.48. The molecule has 2 nitrogen and oxygen atoms in total. The average Bonchev–Trinajstić information content (AvgIpc) is 2.67. The highest BCUT2D eigenvalue weighted by Crippen LogP contribution is 2.26. The van der Waals surface area contributed by atoms with Crippen LogP contribution < -0.4 is 4.90 Å². The predicted molar refractivity (Wildman–Crippen MR) is 77.0 cm³/mol. The molecule has 1 aromatic carbocycles. The van der Waals surface area contributed by atoms with Gasteiger partial charge in [0.1, 0.15) is 0 Å². The van der Waals surface area contributed by atoms with Crippen molar-refractivity contribution in [2.24, 2.45) is 0 Å². The molecule has 1 aliphatic carbocycles. The molecule has 0 amide bonds. The third-order valence-corrected chi connectivity index (χ3v) is 4.16. The number of rotatable bonds is 3. The van der Waals surface area contributed by atoms with Crippen LogP contribution in [0.4, 0.5) is 5.69 Å². The van der Waals surface area contributed by atoms with Crippen molar-refractivity contribution in [1.82, 2.24) is 0 Å². The highest BCUT2D eigenvalue weighted by Gasteiger charge is 2.17. The summed E-state index contributed by atoms with van der Waals surface area (Å²) in [5, 5.41) is 9.53. The molecule has 18 heavy (non-hydrogen) atoms. The summed E-state index contributed by atoms with van der Waals surface area (Å²) in [7, 11) is 2.20. The molecule has 1 unspecified atom stereocenters. The summed E-state index contributed by atoms with van der Waals surface area (Å²) in [6, 6.07) is 9.02. The van der Waals surface area contributed by atoms with Gasteiger partial charge in [-0.05, 0) is 37.5 Å². The fourth-order valence-electron chi connectivity index (χ4n) is 2.84. The molecule has 1 N–H and O–H groups in total. The molecule has 1 atom stereocenters. The van der Waals surface area contributed by atoms with Gasteiger partial charge < -0.3 is 10.0 Å². The molecule has 0 aliphatic heterocycles. The number of aliphatic hydroxyl groups excluding tert-OH is 1. The van der Waals surface area contributed by atoms with E-state index in [1.54, 1.807) is 0 Å². The maximum atomic E-state index is 9.53. The van der Waals surface area contributed by atoms with Crippen LogP contribution >= 0.6 is 0 Å². The van der Waals surface area contributed by atoms with Crippen molar-refractivity contribution < 1.29 is 5.11 Å². The van der Waals surface area contributed by atoms with Gasteiger partial charge in [-0.15, -0.1) is 0 Å². The van der Waals surface area contributed by atoms with Gasteiger partial charge in [0.25, 0.3) is 0 Å². The standard InChI is InChI=1S/C16H25NO/c1-13(18)14-9-11-16(12-10-14)17(2)15-7-5-3-4-6-8-15/h9-13,15,18H,3-8H2,1-2H3. The van der Waals surface area contributed by atoms with E-state index in [1.165, 1.54) is 44.2 Å². The lowest BCUT2D eigenvalue weighted by Gasteiger charge is -2.29. The Labute approximate surface area is 111 Å². The summed E-state index contributed by atoms with van der Waals surface area (Å²) < 4.78 is 0. The van der Waals surface area contributed by atoms with Crippen molar-refractivity contribution in [3.63, 3.8) is 0 Å². The van der Waals surface area contributed by atoms with Gasteiger partial charge in [0, 0.05) is 18.8 Å². The van der Waals surface area contributed by atoms with Gasteiger partial charge in [0.05, 0.1) is 6.10 Å². The zero-order valence-electron chi connectivity index (χ0n) is 11.6. The molecule has 0 spiro atoms. The first kappa shape index (κ1) is 13.4. The monoisotopic (exact) mass is 247 g/mol. The Hall–Kier alpha value is -1.02. The van der Waals surface area contributed by atoms with Crippen LogP contribution in [0.15, 0.2) is 24.3 Å². The quantitative estimate of drug-likeness (QED) is 0.819. The summed E-state index contributed by atoms with van der Waals surface area (Å²) in [5.74, 6) is 0. The van der Waals surface area contributed by atoms with Gasteiger partial charge in [0.2, 0.25) is 0 Å². The summed E-state index contributed by atoms with van der Waals surface area (Å²) >= 11 is 0. The van der Waals surface area contributed by atoms with E-state index in [2.05, 4.69) is 24.1 Å². The lowest BCUT2D eigenvalue weighted by atomic mass is 10.1. The van der Waals surface area contributed by atoms with Crippen LogP contribution in [0.25, 0.3) is 0 Å². The Morgan fingerprint density at radius 1 is 1.06 bits per heavy atom. The molecule has 0 radical (unpaired) electrons. The van der Waals surface area contributed by atoms with Gasteiger partial charge in [-0.3, -0.25) is 0 Å². The Morgan fingerprint density at radius 3 is 2.11 bits per heavy atom. The number of aliphatic hydroxyl groups is 1. The van der Waals surface area contributed by atoms with Gasteiger partial charge in [-0.1, -0.05) is 37.8 Å². The Kier molecular flexibility index (Phi) is 4.65. The van der Waals surface area contributed by atoms with E-state index >= 15 is 0 Å². The van der Waals surface area contributed by atoms with E-state index in [1.807, 2.05) is 19.1 Å². The van der Waals surface area contributed by atoms with Crippen molar-refractivity contribution >= 4 is 5.69 Å². The van der Waals surface area contributed by atoms with Crippen LogP contribution in [0, 0.1) is 0 Å². The van der Waals surface area contributed by atoms with Crippen molar-refractivity contribution in [3.8, 4) is 0 Å². The number of benzene rings is 1. The first-order valence-corrected chi connectivity index (χ1v) is 7.19. The lowest BCUT2D eigenvalue weighted by Crippen LogP contribution is -2.30. The molecule has 0 bridgehead atoms. The molecule has 0 saturated heterocycles. The number of anilines is 1. The molecule has 1 saturated carbocycles. The maximum Gasteiger partial charge on any atom is 0.0761 e. The van der Waals surface area contributed by atoms with E-state index in [9.17, 15) is 5.11 Å². The second kappa shape index (κ2) is 6.24. The molecule has 100 valence electrons. The predicted octanol–water partition coefficient (Wildman–Crippen LogP) is 3.90. The Balaban J connectivity index is 2.05. The van der Waals surface area contributed by atoms with Crippen LogP contribution in [-0.4, -0.2) is 18.2 Å². The minimum absolute atomic E-state index is 0.373. The number of hydrogen-bond donors (Lipinski definition) is 1. The van der Waals surface area contributed by atoms with Crippen molar-refractivity contribution in [2.75, 3.05) is 11.9 Å². The van der Waals surface area contributed by atoms with Gasteiger partial charge in [-0.2, -0.15) is 0 Å². The lowest BCUT2D eigenvalue weighted by molar-refractivity contribution is 0.199. The van der Waals surface area contributed by atoms with Crippen LogP contribution in [0.3, 0.4) is 0 Å². The smallest absolute Gasteiger partial charge is 0.0761 e. The van der Waals surface area contributed by atoms with Crippen molar-refractivity contribution in [1.29, 1.82) is 0 Å². The first-order chi connectivity index (χ1) is 8.68. The molecule has 1 aliphatic rings. The third kappa shape index (κ3) is 3.26. The second-order valence-corrected chi connectivity index (χ2v) is 5.52. The topological polar surface area (TPSA) is 23.5 Å². The minimum atomic E-state index is -0.373. The van der Waals surface area contributed by atoms with E-state index in [0.29, 0.717) is 6.04 Å². The third-order valence-electron chi connectivity index (χ3n) is 4.16. The zero-order chi connectivity index (χ0) is 13.0. The molecule has 1 aromatic rings. The Bertz CT molecular complexity index is 350. The highest BCUT2D eigenvalue weighted by atomic mass is 16.3. The van der Waals surface area contributed by atoms with E-state index in [4.69, 9.17) is 0 Å². The molecular weight excluding hydrogens is 222 g/mol. The second-order valence-electron chi connectivity index (χ2n) is 5.52. The Morgan fingerprint density at radius 2 is 1.61 bits per heavy atom. The van der Waals surface area contributed by atoms with Gasteiger partial charge in [0.15, 0.2) is 0 Å². The molecule has 0 heterocycles.